The van der Waals surface area contributed by atoms with E-state index in [0.29, 0.717) is 5.91 Å². The highest BCUT2D eigenvalue weighted by molar-refractivity contribution is 5.93. The van der Waals surface area contributed by atoms with Gasteiger partial charge in [-0.05, 0) is 62.8 Å². The minimum absolute atomic E-state index is 0.0158. The zero-order chi connectivity index (χ0) is 16.4. The second kappa shape index (κ2) is 6.73. The van der Waals surface area contributed by atoms with Crippen LogP contribution >= 0.6 is 0 Å². The van der Waals surface area contributed by atoms with Crippen molar-refractivity contribution < 1.29 is 9.59 Å². The Morgan fingerprint density at radius 3 is 2.26 bits per heavy atom. The molecule has 0 atom stereocenters. The Morgan fingerprint density at radius 2 is 1.70 bits per heavy atom. The fourth-order valence-electron chi connectivity index (χ4n) is 3.34. The molecule has 4 nitrogen and oxygen atoms in total. The monoisotopic (exact) mass is 314 g/mol. The van der Waals surface area contributed by atoms with Crippen molar-refractivity contribution in [2.45, 2.75) is 46.0 Å². The molecule has 0 unspecified atom stereocenters. The van der Waals surface area contributed by atoms with Crippen LogP contribution in [0.5, 0.6) is 0 Å². The third kappa shape index (κ3) is 3.57. The summed E-state index contributed by atoms with van der Waals surface area (Å²) in [7, 11) is 0. The molecular weight excluding hydrogens is 288 g/mol. The summed E-state index contributed by atoms with van der Waals surface area (Å²) in [6.07, 6.45) is 4.83. The summed E-state index contributed by atoms with van der Waals surface area (Å²) in [6, 6.07) is 6.00. The van der Waals surface area contributed by atoms with Gasteiger partial charge in [0.1, 0.15) is 0 Å². The molecule has 1 aliphatic carbocycles. The molecule has 1 aliphatic heterocycles. The van der Waals surface area contributed by atoms with Crippen molar-refractivity contribution in [3.8, 4) is 0 Å². The zero-order valence-corrected chi connectivity index (χ0v) is 14.1. The fourth-order valence-corrected chi connectivity index (χ4v) is 3.34. The highest BCUT2D eigenvalue weighted by Crippen LogP contribution is 2.30. The number of likely N-dealkylation sites (tertiary alicyclic amines) is 1. The molecule has 0 aromatic heterocycles. The van der Waals surface area contributed by atoms with Gasteiger partial charge in [-0.25, -0.2) is 0 Å². The lowest BCUT2D eigenvalue weighted by Crippen LogP contribution is -2.45. The molecular formula is C19H26N2O2. The Labute approximate surface area is 138 Å². The summed E-state index contributed by atoms with van der Waals surface area (Å²) < 4.78 is 0. The number of carbonyl (C=O) groups is 2. The molecule has 1 aromatic rings. The minimum atomic E-state index is 0.0158. The van der Waals surface area contributed by atoms with Gasteiger partial charge in [0, 0.05) is 30.6 Å². The van der Waals surface area contributed by atoms with E-state index in [9.17, 15) is 9.59 Å². The molecule has 1 saturated heterocycles. The molecule has 2 aliphatic rings. The molecule has 1 saturated carbocycles. The lowest BCUT2D eigenvalue weighted by molar-refractivity contribution is -0.140. The normalized spacial score (nSPS) is 19.3. The quantitative estimate of drug-likeness (QED) is 0.931. The summed E-state index contributed by atoms with van der Waals surface area (Å²) in [5.41, 5.74) is 3.28. The van der Waals surface area contributed by atoms with E-state index in [1.54, 1.807) is 0 Å². The first kappa shape index (κ1) is 16.0. The van der Waals surface area contributed by atoms with E-state index >= 15 is 0 Å². The van der Waals surface area contributed by atoms with Crippen LogP contribution in [0.2, 0.25) is 0 Å². The van der Waals surface area contributed by atoms with Crippen molar-refractivity contribution in [2.75, 3.05) is 18.4 Å². The standard InChI is InChI=1S/C19H26N2O2/c1-13-6-7-17(12-14(13)2)20-18(22)15-8-10-21(11-9-15)19(23)16-4-3-5-16/h6-7,12,15-16H,3-5,8-11H2,1-2H3,(H,20,22). The summed E-state index contributed by atoms with van der Waals surface area (Å²) in [5, 5.41) is 3.03. The van der Waals surface area contributed by atoms with E-state index in [-0.39, 0.29) is 17.7 Å². The van der Waals surface area contributed by atoms with Gasteiger partial charge in [-0.15, -0.1) is 0 Å². The number of aryl methyl sites for hydroxylation is 2. The molecule has 23 heavy (non-hydrogen) atoms. The van der Waals surface area contributed by atoms with Gasteiger partial charge in [-0.2, -0.15) is 0 Å². The summed E-state index contributed by atoms with van der Waals surface area (Å²) in [6.45, 7) is 5.56. The van der Waals surface area contributed by atoms with Gasteiger partial charge in [0.25, 0.3) is 0 Å². The number of amides is 2. The third-order valence-corrected chi connectivity index (χ3v) is 5.41. The van der Waals surface area contributed by atoms with Crippen molar-refractivity contribution >= 4 is 17.5 Å². The molecule has 2 amide bonds. The Kier molecular flexibility index (Phi) is 4.69. The van der Waals surface area contributed by atoms with Gasteiger partial charge in [0.05, 0.1) is 0 Å². The van der Waals surface area contributed by atoms with Crippen molar-refractivity contribution in [2.24, 2.45) is 11.8 Å². The maximum absolute atomic E-state index is 12.4. The number of piperidine rings is 1. The summed E-state index contributed by atoms with van der Waals surface area (Å²) in [4.78, 5) is 26.6. The van der Waals surface area contributed by atoms with Gasteiger partial charge in [0.15, 0.2) is 0 Å². The number of hydrogen-bond donors (Lipinski definition) is 1. The summed E-state index contributed by atoms with van der Waals surface area (Å²) >= 11 is 0. The maximum atomic E-state index is 12.4. The smallest absolute Gasteiger partial charge is 0.227 e. The Morgan fingerprint density at radius 1 is 1.00 bits per heavy atom. The van der Waals surface area contributed by atoms with Crippen LogP contribution in [-0.4, -0.2) is 29.8 Å². The SMILES string of the molecule is Cc1ccc(NC(=O)C2CCN(C(=O)C3CCC3)CC2)cc1C. The predicted molar refractivity (Wildman–Crippen MR) is 91.2 cm³/mol. The third-order valence-electron chi connectivity index (χ3n) is 5.41. The van der Waals surface area contributed by atoms with Crippen molar-refractivity contribution in [3.63, 3.8) is 0 Å². The van der Waals surface area contributed by atoms with Crippen LogP contribution in [0, 0.1) is 25.7 Å². The Balaban J connectivity index is 1.51. The molecule has 1 heterocycles. The molecule has 0 bridgehead atoms. The minimum Gasteiger partial charge on any atom is -0.342 e. The van der Waals surface area contributed by atoms with Crippen LogP contribution < -0.4 is 5.32 Å². The first-order chi connectivity index (χ1) is 11.0. The molecule has 4 heteroatoms. The van der Waals surface area contributed by atoms with E-state index in [0.717, 1.165) is 44.5 Å². The largest absolute Gasteiger partial charge is 0.342 e. The van der Waals surface area contributed by atoms with Gasteiger partial charge in [-0.1, -0.05) is 12.5 Å². The van der Waals surface area contributed by atoms with Gasteiger partial charge < -0.3 is 10.2 Å². The number of carbonyl (C=O) groups excluding carboxylic acids is 2. The molecule has 0 radical (unpaired) electrons. The van der Waals surface area contributed by atoms with E-state index in [4.69, 9.17) is 0 Å². The van der Waals surface area contributed by atoms with Gasteiger partial charge >= 0.3 is 0 Å². The molecule has 1 N–H and O–H groups in total. The number of benzene rings is 1. The average Bonchev–Trinajstić information content (AvgIpc) is 2.49. The molecule has 124 valence electrons. The summed E-state index contributed by atoms with van der Waals surface area (Å²) in [5.74, 6) is 0.672. The molecule has 0 spiro atoms. The lowest BCUT2D eigenvalue weighted by atomic mass is 9.83. The number of nitrogens with zero attached hydrogens (tertiary/aromatic N) is 1. The van der Waals surface area contributed by atoms with E-state index in [1.807, 2.05) is 23.1 Å². The predicted octanol–water partition coefficient (Wildman–Crippen LogP) is 3.28. The van der Waals surface area contributed by atoms with Crippen molar-refractivity contribution in [1.82, 2.24) is 4.90 Å². The Bertz CT molecular complexity index is 599. The second-order valence-corrected chi connectivity index (χ2v) is 7.02. The average molecular weight is 314 g/mol. The van der Waals surface area contributed by atoms with E-state index < -0.39 is 0 Å². The number of anilines is 1. The number of hydrogen-bond acceptors (Lipinski definition) is 2. The maximum Gasteiger partial charge on any atom is 0.227 e. The Hall–Kier alpha value is -1.84. The molecule has 2 fully saturated rings. The van der Waals surface area contributed by atoms with E-state index in [2.05, 4.69) is 19.2 Å². The second-order valence-electron chi connectivity index (χ2n) is 7.02. The van der Waals surface area contributed by atoms with Crippen LogP contribution in [0.4, 0.5) is 5.69 Å². The van der Waals surface area contributed by atoms with Crippen molar-refractivity contribution in [1.29, 1.82) is 0 Å². The van der Waals surface area contributed by atoms with Gasteiger partial charge in [-0.3, -0.25) is 9.59 Å². The topological polar surface area (TPSA) is 49.4 Å². The van der Waals surface area contributed by atoms with Crippen LogP contribution in [0.15, 0.2) is 18.2 Å². The van der Waals surface area contributed by atoms with Crippen LogP contribution in [-0.2, 0) is 9.59 Å². The molecule has 1 aromatic carbocycles. The van der Waals surface area contributed by atoms with Gasteiger partial charge in [0.2, 0.25) is 11.8 Å². The van der Waals surface area contributed by atoms with Crippen molar-refractivity contribution in [3.05, 3.63) is 29.3 Å². The highest BCUT2D eigenvalue weighted by atomic mass is 16.2. The first-order valence-corrected chi connectivity index (χ1v) is 8.71. The fraction of sp³-hybridized carbons (Fsp3) is 0.579. The zero-order valence-electron chi connectivity index (χ0n) is 14.1. The molecule has 3 rings (SSSR count). The van der Waals surface area contributed by atoms with Crippen LogP contribution in [0.1, 0.15) is 43.2 Å². The van der Waals surface area contributed by atoms with E-state index in [1.165, 1.54) is 17.5 Å². The van der Waals surface area contributed by atoms with Crippen LogP contribution in [0.3, 0.4) is 0 Å². The lowest BCUT2D eigenvalue weighted by Gasteiger charge is -2.36. The van der Waals surface area contributed by atoms with Crippen LogP contribution in [0.25, 0.3) is 0 Å². The first-order valence-electron chi connectivity index (χ1n) is 8.71. The number of rotatable bonds is 3. The number of nitrogens with one attached hydrogen (secondary N) is 1. The highest BCUT2D eigenvalue weighted by Gasteiger charge is 2.33.